The van der Waals surface area contributed by atoms with E-state index in [-0.39, 0.29) is 36.1 Å². The highest BCUT2D eigenvalue weighted by atomic mass is 16.5. The Morgan fingerprint density at radius 2 is 0.944 bits per heavy atom. The van der Waals surface area contributed by atoms with Crippen LogP contribution in [-0.2, 0) is 9.47 Å². The number of carbonyl (C=O) groups excluding carboxylic acids is 4. The Hall–Kier alpha value is -6.67. The van der Waals surface area contributed by atoms with Crippen molar-refractivity contribution in [1.82, 2.24) is 20.4 Å². The normalized spacial score (nSPS) is 20.4. The van der Waals surface area contributed by atoms with E-state index in [1.165, 1.54) is 24.0 Å². The minimum Gasteiger partial charge on any atom is -0.376 e. The molecule has 13 heteroatoms. The molecule has 13 nitrogen and oxygen atoms in total. The van der Waals surface area contributed by atoms with Gasteiger partial charge in [-0.15, -0.1) is 6.42 Å². The van der Waals surface area contributed by atoms with E-state index in [4.69, 9.17) is 21.2 Å². The van der Waals surface area contributed by atoms with E-state index in [2.05, 4.69) is 45.4 Å². The van der Waals surface area contributed by atoms with Crippen LogP contribution in [0.25, 0.3) is 0 Å². The molecule has 4 heterocycles. The van der Waals surface area contributed by atoms with E-state index in [0.29, 0.717) is 66.5 Å². The number of terminal acetylenes is 1. The highest BCUT2D eigenvalue weighted by Gasteiger charge is 2.30. The fourth-order valence-corrected chi connectivity index (χ4v) is 11.0. The number of likely N-dealkylation sites (tertiary alicyclic amines) is 2. The molecule has 4 aliphatic heterocycles. The predicted molar refractivity (Wildman–Crippen MR) is 279 cm³/mol. The first kappa shape index (κ1) is 50.3. The van der Waals surface area contributed by atoms with E-state index in [9.17, 15) is 19.2 Å². The molecule has 2 atom stereocenters. The van der Waals surface area contributed by atoms with Gasteiger partial charge < -0.3 is 40.5 Å². The lowest BCUT2D eigenvalue weighted by atomic mass is 9.79. The molecule has 10 rings (SSSR count). The van der Waals surface area contributed by atoms with Crippen LogP contribution in [0.4, 0.5) is 21.0 Å². The molecular weight excluding hydrogens is 903 g/mol. The van der Waals surface area contributed by atoms with Gasteiger partial charge >= 0.3 is 12.1 Å². The molecule has 4 aromatic rings. The van der Waals surface area contributed by atoms with Gasteiger partial charge in [0.25, 0.3) is 11.8 Å². The lowest BCUT2D eigenvalue weighted by molar-refractivity contribution is 0.0705. The molecule has 0 unspecified atom stereocenters. The largest absolute Gasteiger partial charge is 0.376 e. The molecular formula is C59H69N7O6. The summed E-state index contributed by atoms with van der Waals surface area (Å²) in [6.45, 7) is 5.34. The van der Waals surface area contributed by atoms with Gasteiger partial charge in [-0.05, 0) is 172 Å². The van der Waals surface area contributed by atoms with Crippen LogP contribution >= 0.6 is 0 Å². The van der Waals surface area contributed by atoms with Gasteiger partial charge in [-0.2, -0.15) is 5.26 Å². The van der Waals surface area contributed by atoms with Crippen LogP contribution < -0.4 is 21.3 Å². The Kier molecular flexibility index (Phi) is 16.9. The number of amides is 6. The van der Waals surface area contributed by atoms with Crippen molar-refractivity contribution in [3.05, 3.63) is 129 Å². The number of ether oxygens (including phenoxy) is 2. The van der Waals surface area contributed by atoms with Gasteiger partial charge in [-0.1, -0.05) is 55.2 Å². The summed E-state index contributed by atoms with van der Waals surface area (Å²) in [5.74, 6) is 4.41. The number of nitrogens with one attached hydrogen (secondary N) is 4. The molecule has 6 fully saturated rings. The molecule has 0 bridgehead atoms. The van der Waals surface area contributed by atoms with Crippen molar-refractivity contribution >= 4 is 35.3 Å². The second-order valence-corrected chi connectivity index (χ2v) is 20.4. The van der Waals surface area contributed by atoms with Crippen LogP contribution in [0.2, 0.25) is 0 Å². The van der Waals surface area contributed by atoms with E-state index in [0.717, 1.165) is 131 Å². The number of hydrogen-bond acceptors (Lipinski definition) is 7. The van der Waals surface area contributed by atoms with Crippen molar-refractivity contribution in [3.63, 3.8) is 0 Å². The third-order valence-corrected chi connectivity index (χ3v) is 15.8. The number of rotatable bonds is 12. The number of piperidine rings is 2. The number of hydrogen-bond donors (Lipinski definition) is 4. The van der Waals surface area contributed by atoms with Gasteiger partial charge in [0.05, 0.1) is 23.8 Å². The van der Waals surface area contributed by atoms with Crippen molar-refractivity contribution in [2.24, 2.45) is 0 Å². The summed E-state index contributed by atoms with van der Waals surface area (Å²) >= 11 is 0. The van der Waals surface area contributed by atoms with Gasteiger partial charge in [0.1, 0.15) is 0 Å². The summed E-state index contributed by atoms with van der Waals surface area (Å²) in [6, 6.07) is 29.3. The quantitative estimate of drug-likeness (QED) is 0.103. The Balaban J connectivity index is 0.000000178. The molecule has 72 heavy (non-hydrogen) atoms. The smallest absolute Gasteiger partial charge is 0.319 e. The summed E-state index contributed by atoms with van der Waals surface area (Å²) in [4.78, 5) is 55.9. The molecule has 6 aliphatic rings. The van der Waals surface area contributed by atoms with Gasteiger partial charge in [0.2, 0.25) is 0 Å². The van der Waals surface area contributed by atoms with Crippen LogP contribution in [0.15, 0.2) is 84.9 Å². The molecule has 4 saturated heterocycles. The zero-order chi connectivity index (χ0) is 49.8. The van der Waals surface area contributed by atoms with Gasteiger partial charge in [0, 0.05) is 80.5 Å². The molecule has 4 aromatic carbocycles. The van der Waals surface area contributed by atoms with Crippen molar-refractivity contribution in [2.45, 2.75) is 126 Å². The maximum Gasteiger partial charge on any atom is 0.319 e. The lowest BCUT2D eigenvalue weighted by Crippen LogP contribution is -2.38. The highest BCUT2D eigenvalue weighted by molar-refractivity contribution is 5.98. The summed E-state index contributed by atoms with van der Waals surface area (Å²) in [7, 11) is 0. The van der Waals surface area contributed by atoms with Crippen molar-refractivity contribution in [1.29, 1.82) is 5.26 Å². The van der Waals surface area contributed by atoms with E-state index >= 15 is 0 Å². The second-order valence-electron chi connectivity index (χ2n) is 20.4. The van der Waals surface area contributed by atoms with Gasteiger partial charge in [0.15, 0.2) is 0 Å². The Morgan fingerprint density at radius 1 is 0.528 bits per heavy atom. The number of nitrogens with zero attached hydrogens (tertiary/aromatic N) is 3. The van der Waals surface area contributed by atoms with Crippen LogP contribution in [0.5, 0.6) is 0 Å². The number of anilines is 2. The fourth-order valence-electron chi connectivity index (χ4n) is 11.0. The van der Waals surface area contributed by atoms with Gasteiger partial charge in [-0.25, -0.2) is 9.59 Å². The minimum absolute atomic E-state index is 0.0104. The Labute approximate surface area is 424 Å². The zero-order valence-electron chi connectivity index (χ0n) is 41.5. The zero-order valence-corrected chi connectivity index (χ0v) is 41.5. The first-order valence-corrected chi connectivity index (χ1v) is 26.5. The maximum atomic E-state index is 13.4. The summed E-state index contributed by atoms with van der Waals surface area (Å²) in [6.07, 6.45) is 20.2. The standard InChI is InChI=1S/C30H35N3O3.C29H34N4O3/c1-2-21-8-10-22(11-9-21)23-14-16-33(17-15-23)29(34)25-12-13-27(24-5-3-6-24)28(19-25)32-30(35)31-20-26-7-4-18-36-26;30-18-20-6-8-21(9-7-20)22-12-14-33(15-13-22)28(34)24-10-11-26(23-3-1-4-23)27(17-24)32-29(35)31-19-25-5-2-16-36-25/h1,8-13,19,23-24,26H,3-7,14-18,20H2,(H2,31,32,35);6-11,17,22-23,25H,1-5,12-16,19H2,(H2,31,32,35)/t26-;25-/m10/s1. The summed E-state index contributed by atoms with van der Waals surface area (Å²) in [5.41, 5.74) is 9.04. The molecule has 0 radical (unpaired) electrons. The number of nitriles is 1. The Bertz CT molecular complexity index is 2420. The molecule has 6 amide bonds. The third-order valence-electron chi connectivity index (χ3n) is 15.8. The van der Waals surface area contributed by atoms with Crippen molar-refractivity contribution in [3.8, 4) is 18.4 Å². The van der Waals surface area contributed by atoms with Crippen LogP contribution in [0.1, 0.15) is 168 Å². The number of benzene rings is 4. The molecule has 2 aliphatic carbocycles. The maximum absolute atomic E-state index is 13.4. The first-order valence-electron chi connectivity index (χ1n) is 26.5. The van der Waals surface area contributed by atoms with E-state index in [1.807, 2.05) is 82.6 Å². The van der Waals surface area contributed by atoms with Crippen LogP contribution in [0, 0.1) is 23.7 Å². The fraction of sp³-hybridized carbons (Fsp3) is 0.475. The molecule has 4 N–H and O–H groups in total. The average Bonchev–Trinajstić information content (AvgIpc) is 4.13. The van der Waals surface area contributed by atoms with E-state index < -0.39 is 0 Å². The molecule has 0 aromatic heterocycles. The van der Waals surface area contributed by atoms with Gasteiger partial charge in [-0.3, -0.25) is 9.59 Å². The average molecular weight is 972 g/mol. The summed E-state index contributed by atoms with van der Waals surface area (Å²) < 4.78 is 11.2. The third kappa shape index (κ3) is 12.7. The van der Waals surface area contributed by atoms with E-state index in [1.54, 1.807) is 0 Å². The second kappa shape index (κ2) is 24.2. The number of urea groups is 2. The molecule has 0 spiro atoms. The number of carbonyl (C=O) groups is 4. The lowest BCUT2D eigenvalue weighted by Gasteiger charge is -2.33. The van der Waals surface area contributed by atoms with Crippen molar-refractivity contribution < 1.29 is 28.7 Å². The highest BCUT2D eigenvalue weighted by Crippen LogP contribution is 2.42. The van der Waals surface area contributed by atoms with Crippen molar-refractivity contribution in [2.75, 3.05) is 63.1 Å². The minimum atomic E-state index is -0.251. The predicted octanol–water partition coefficient (Wildman–Crippen LogP) is 10.4. The first-order chi connectivity index (χ1) is 35.2. The monoisotopic (exact) mass is 972 g/mol. The topological polar surface area (TPSA) is 165 Å². The van der Waals surface area contributed by atoms with Crippen LogP contribution in [0.3, 0.4) is 0 Å². The molecule has 2 saturated carbocycles. The SMILES string of the molecule is C#Cc1ccc(C2CCN(C(=O)c3ccc(C4CCC4)c(NC(=O)NC[C@H]4CCCO4)c3)CC2)cc1.N#Cc1ccc(C2CCN(C(=O)c3ccc(C4CCC4)c(NC(=O)NC[C@@H]4CCCO4)c3)CC2)cc1. The summed E-state index contributed by atoms with van der Waals surface area (Å²) in [5, 5.41) is 20.9. The Morgan fingerprint density at radius 3 is 1.29 bits per heavy atom. The molecule has 376 valence electrons. The van der Waals surface area contributed by atoms with Crippen LogP contribution in [-0.4, -0.2) is 98.4 Å².